The molecule has 0 spiro atoms. The average Bonchev–Trinajstić information content (AvgIpc) is 2.07. The van der Waals surface area contributed by atoms with Crippen LogP contribution in [0.4, 0.5) is 0 Å². The first-order chi connectivity index (χ1) is 6.09. The van der Waals surface area contributed by atoms with Crippen LogP contribution in [0.1, 0.15) is 32.6 Å². The summed E-state index contributed by atoms with van der Waals surface area (Å²) < 4.78 is 0. The molecular formula is C11H14O2. The zero-order chi connectivity index (χ0) is 9.22. The highest BCUT2D eigenvalue weighted by atomic mass is 16.2. The fourth-order valence-electron chi connectivity index (χ4n) is 3.79. The number of ketones is 2. The van der Waals surface area contributed by atoms with Gasteiger partial charge in [-0.3, -0.25) is 9.59 Å². The molecular weight excluding hydrogens is 164 g/mol. The number of hydrogen-bond donors (Lipinski definition) is 0. The van der Waals surface area contributed by atoms with Crippen LogP contribution in [0.15, 0.2) is 0 Å². The SMILES string of the molecule is CC12CC3CC(C1)C(=O)C(C2)C3=O. The summed E-state index contributed by atoms with van der Waals surface area (Å²) in [5, 5.41) is 0. The highest BCUT2D eigenvalue weighted by molar-refractivity contribution is 6.07. The second-order valence-electron chi connectivity index (χ2n) is 5.41. The molecule has 4 aliphatic carbocycles. The van der Waals surface area contributed by atoms with E-state index in [0.29, 0.717) is 5.41 Å². The third-order valence-electron chi connectivity index (χ3n) is 4.24. The van der Waals surface area contributed by atoms with E-state index in [9.17, 15) is 9.59 Å². The van der Waals surface area contributed by atoms with Crippen molar-refractivity contribution in [3.63, 3.8) is 0 Å². The lowest BCUT2D eigenvalue weighted by atomic mass is 9.49. The Kier molecular flexibility index (Phi) is 1.21. The number of carbonyl (C=O) groups excluding carboxylic acids is 2. The summed E-state index contributed by atoms with van der Waals surface area (Å²) >= 11 is 0. The molecule has 0 saturated heterocycles. The van der Waals surface area contributed by atoms with Gasteiger partial charge in [-0.05, 0) is 31.1 Å². The minimum Gasteiger partial charge on any atom is -0.299 e. The Bertz CT molecular complexity index is 281. The van der Waals surface area contributed by atoms with Crippen molar-refractivity contribution in [2.24, 2.45) is 23.2 Å². The Hall–Kier alpha value is -0.660. The number of Topliss-reactive ketones (excluding diaryl/α,β-unsaturated/α-hetero) is 2. The average molecular weight is 178 g/mol. The first kappa shape index (κ1) is 7.72. The van der Waals surface area contributed by atoms with Gasteiger partial charge < -0.3 is 0 Å². The van der Waals surface area contributed by atoms with Crippen LogP contribution in [0.5, 0.6) is 0 Å². The summed E-state index contributed by atoms with van der Waals surface area (Å²) in [6.07, 6.45) is 3.81. The van der Waals surface area contributed by atoms with E-state index in [1.165, 1.54) is 0 Å². The van der Waals surface area contributed by atoms with Crippen molar-refractivity contribution in [2.45, 2.75) is 32.6 Å². The van der Waals surface area contributed by atoms with Crippen LogP contribution >= 0.6 is 0 Å². The fraction of sp³-hybridized carbons (Fsp3) is 0.818. The van der Waals surface area contributed by atoms with E-state index >= 15 is 0 Å². The largest absolute Gasteiger partial charge is 0.299 e. The van der Waals surface area contributed by atoms with Gasteiger partial charge in [0.1, 0.15) is 11.6 Å². The van der Waals surface area contributed by atoms with Crippen molar-refractivity contribution in [3.05, 3.63) is 0 Å². The van der Waals surface area contributed by atoms with Crippen LogP contribution in [0.25, 0.3) is 0 Å². The molecule has 4 rings (SSSR count). The lowest BCUT2D eigenvalue weighted by molar-refractivity contribution is -0.158. The molecule has 0 radical (unpaired) electrons. The van der Waals surface area contributed by atoms with Gasteiger partial charge in [0.25, 0.3) is 0 Å². The van der Waals surface area contributed by atoms with Crippen LogP contribution < -0.4 is 0 Å². The molecule has 0 aromatic heterocycles. The molecule has 0 heterocycles. The Morgan fingerprint density at radius 2 is 1.62 bits per heavy atom. The number of hydrogen-bond acceptors (Lipinski definition) is 2. The standard InChI is InChI=1S/C11H14O2/c1-11-3-6-2-7(4-11)10(13)8(5-11)9(6)12/h6-8H,2-5H2,1H3. The van der Waals surface area contributed by atoms with Crippen LogP contribution in [-0.4, -0.2) is 11.6 Å². The lowest BCUT2D eigenvalue weighted by Crippen LogP contribution is -2.55. The Morgan fingerprint density at radius 3 is 2.15 bits per heavy atom. The maximum Gasteiger partial charge on any atom is 0.146 e. The molecule has 2 nitrogen and oxygen atoms in total. The van der Waals surface area contributed by atoms with Crippen LogP contribution in [-0.2, 0) is 9.59 Å². The maximum atomic E-state index is 11.7. The quantitative estimate of drug-likeness (QED) is 0.528. The molecule has 13 heavy (non-hydrogen) atoms. The predicted octanol–water partition coefficient (Wildman–Crippen LogP) is 1.58. The van der Waals surface area contributed by atoms with Gasteiger partial charge in [-0.15, -0.1) is 0 Å². The number of carbonyl (C=O) groups is 2. The summed E-state index contributed by atoms with van der Waals surface area (Å²) in [5.74, 6) is 0.800. The minimum absolute atomic E-state index is 0.198. The Labute approximate surface area is 77.7 Å². The molecule has 2 unspecified atom stereocenters. The van der Waals surface area contributed by atoms with Crippen molar-refractivity contribution < 1.29 is 9.59 Å². The summed E-state index contributed by atoms with van der Waals surface area (Å²) in [6.45, 7) is 2.25. The molecule has 4 bridgehead atoms. The van der Waals surface area contributed by atoms with Crippen LogP contribution in [0, 0.1) is 23.2 Å². The van der Waals surface area contributed by atoms with Gasteiger partial charge in [-0.2, -0.15) is 0 Å². The molecule has 4 aliphatic rings. The summed E-state index contributed by atoms with van der Waals surface area (Å²) in [5.41, 5.74) is 0.320. The van der Waals surface area contributed by atoms with E-state index in [0.717, 1.165) is 25.7 Å². The van der Waals surface area contributed by atoms with Gasteiger partial charge in [-0.25, -0.2) is 0 Å². The zero-order valence-electron chi connectivity index (χ0n) is 7.88. The lowest BCUT2D eigenvalue weighted by Gasteiger charge is -2.53. The molecule has 0 amide bonds. The predicted molar refractivity (Wildman–Crippen MR) is 47.1 cm³/mol. The second-order valence-corrected chi connectivity index (χ2v) is 5.41. The van der Waals surface area contributed by atoms with Crippen LogP contribution in [0.3, 0.4) is 0 Å². The highest BCUT2D eigenvalue weighted by Crippen LogP contribution is 2.56. The van der Waals surface area contributed by atoms with Gasteiger partial charge in [0.2, 0.25) is 0 Å². The second kappa shape index (κ2) is 2.05. The minimum atomic E-state index is -0.198. The summed E-state index contributed by atoms with van der Waals surface area (Å²) in [6, 6.07) is 0. The van der Waals surface area contributed by atoms with Crippen molar-refractivity contribution >= 4 is 11.6 Å². The fourth-order valence-corrected chi connectivity index (χ4v) is 3.79. The molecule has 4 saturated carbocycles. The van der Waals surface area contributed by atoms with Gasteiger partial charge in [0.05, 0.1) is 5.92 Å². The number of rotatable bonds is 0. The van der Waals surface area contributed by atoms with E-state index in [1.54, 1.807) is 0 Å². The van der Waals surface area contributed by atoms with E-state index in [2.05, 4.69) is 6.92 Å². The molecule has 70 valence electrons. The monoisotopic (exact) mass is 178 g/mol. The first-order valence-electron chi connectivity index (χ1n) is 5.16. The van der Waals surface area contributed by atoms with Gasteiger partial charge in [0.15, 0.2) is 0 Å². The van der Waals surface area contributed by atoms with Crippen molar-refractivity contribution in [1.82, 2.24) is 0 Å². The molecule has 0 N–H and O–H groups in total. The van der Waals surface area contributed by atoms with E-state index in [1.807, 2.05) is 0 Å². The Morgan fingerprint density at radius 1 is 1.08 bits per heavy atom. The molecule has 0 aromatic carbocycles. The third-order valence-corrected chi connectivity index (χ3v) is 4.24. The maximum absolute atomic E-state index is 11.7. The normalized spacial score (nSPS) is 53.2. The molecule has 0 aromatic rings. The summed E-state index contributed by atoms with van der Waals surface area (Å²) in [4.78, 5) is 23.4. The van der Waals surface area contributed by atoms with Crippen molar-refractivity contribution in [1.29, 1.82) is 0 Å². The molecule has 2 heteroatoms. The summed E-state index contributed by atoms with van der Waals surface area (Å²) in [7, 11) is 0. The third kappa shape index (κ3) is 0.839. The Balaban J connectivity index is 2.06. The van der Waals surface area contributed by atoms with E-state index in [4.69, 9.17) is 0 Å². The highest BCUT2D eigenvalue weighted by Gasteiger charge is 2.57. The van der Waals surface area contributed by atoms with Crippen molar-refractivity contribution in [3.8, 4) is 0 Å². The van der Waals surface area contributed by atoms with Gasteiger partial charge in [-0.1, -0.05) is 6.92 Å². The first-order valence-corrected chi connectivity index (χ1v) is 5.16. The van der Waals surface area contributed by atoms with E-state index in [-0.39, 0.29) is 29.3 Å². The smallest absolute Gasteiger partial charge is 0.146 e. The van der Waals surface area contributed by atoms with Gasteiger partial charge >= 0.3 is 0 Å². The van der Waals surface area contributed by atoms with Crippen LogP contribution in [0.2, 0.25) is 0 Å². The van der Waals surface area contributed by atoms with Gasteiger partial charge in [0, 0.05) is 11.8 Å². The molecule has 0 aliphatic heterocycles. The van der Waals surface area contributed by atoms with Crippen molar-refractivity contribution in [2.75, 3.05) is 0 Å². The zero-order valence-corrected chi connectivity index (χ0v) is 7.88. The molecule has 4 fully saturated rings. The van der Waals surface area contributed by atoms with E-state index < -0.39 is 0 Å². The molecule has 2 atom stereocenters. The topological polar surface area (TPSA) is 34.1 Å².